The highest BCUT2D eigenvalue weighted by atomic mass is 14.9. The van der Waals surface area contributed by atoms with E-state index in [0.29, 0.717) is 37.9 Å². The first-order chi connectivity index (χ1) is 13.8. The Bertz CT molecular complexity index is 734. The highest BCUT2D eigenvalue weighted by Gasteiger charge is 2.89. The lowest BCUT2D eigenvalue weighted by Gasteiger charge is -2.92. The van der Waals surface area contributed by atoms with E-state index in [1.54, 1.807) is 0 Å². The molecule has 0 spiro atoms. The van der Waals surface area contributed by atoms with Gasteiger partial charge in [-0.05, 0) is 86.3 Å². The van der Waals surface area contributed by atoms with Crippen LogP contribution in [0.4, 0.5) is 0 Å². The molecule has 0 aromatic heterocycles. The van der Waals surface area contributed by atoms with Crippen LogP contribution in [0.15, 0.2) is 0 Å². The third-order valence-electron chi connectivity index (χ3n) is 15.7. The molecule has 0 aromatic carbocycles. The zero-order valence-electron chi connectivity index (χ0n) is 24.4. The summed E-state index contributed by atoms with van der Waals surface area (Å²) in [5.41, 5.74) is 2.72. The van der Waals surface area contributed by atoms with Crippen molar-refractivity contribution >= 4 is 0 Å². The third kappa shape index (κ3) is 2.02. The molecule has 11 unspecified atom stereocenters. The smallest absolute Gasteiger partial charge is 0.0173 e. The molecule has 3 fully saturated rings. The van der Waals surface area contributed by atoms with Crippen LogP contribution in [0.1, 0.15) is 124 Å². The first kappa shape index (κ1) is 25.6. The van der Waals surface area contributed by atoms with E-state index in [1.807, 2.05) is 0 Å². The average Bonchev–Trinajstić information content (AvgIpc) is 2.72. The van der Waals surface area contributed by atoms with Gasteiger partial charge in [-0.2, -0.15) is 0 Å². The molecule has 0 amide bonds. The van der Waals surface area contributed by atoms with Crippen LogP contribution in [0.2, 0.25) is 0 Å². The van der Waals surface area contributed by atoms with Gasteiger partial charge in [0.05, 0.1) is 0 Å². The molecule has 3 saturated carbocycles. The fourth-order valence-electron chi connectivity index (χ4n) is 12.6. The monoisotopic (exact) mass is 430 g/mol. The molecule has 0 heterocycles. The molecule has 0 heteroatoms. The maximum absolute atomic E-state index is 2.75. The Morgan fingerprint density at radius 2 is 1.23 bits per heavy atom. The molecule has 3 rings (SSSR count). The van der Waals surface area contributed by atoms with E-state index >= 15 is 0 Å². The largest absolute Gasteiger partial charge is 0.0648 e. The molecule has 0 radical (unpaired) electrons. The van der Waals surface area contributed by atoms with Gasteiger partial charge >= 0.3 is 0 Å². The molecular weight excluding hydrogens is 372 g/mol. The minimum Gasteiger partial charge on any atom is -0.0648 e. The van der Waals surface area contributed by atoms with Gasteiger partial charge in [-0.15, -0.1) is 0 Å². The highest BCUT2D eigenvalue weighted by Crippen LogP contribution is 2.93. The van der Waals surface area contributed by atoms with Crippen LogP contribution in [-0.4, -0.2) is 0 Å². The number of hydrogen-bond donors (Lipinski definition) is 0. The fraction of sp³-hybridized carbons (Fsp3) is 1.00. The van der Waals surface area contributed by atoms with Gasteiger partial charge in [-0.1, -0.05) is 111 Å². The zero-order valence-corrected chi connectivity index (χ0v) is 24.4. The molecular formula is C31H58. The SMILES string of the molecule is CCC(C)(C1(C)C(C)C(C)(C(C)C)C1(C)CC(C)C)C1(C)C(C)C2(C)C(C)C(C)C21C. The van der Waals surface area contributed by atoms with E-state index in [0.717, 1.165) is 35.5 Å². The quantitative estimate of drug-likeness (QED) is 0.393. The second kappa shape index (κ2) is 6.56. The lowest BCUT2D eigenvalue weighted by molar-refractivity contribution is -0.455. The van der Waals surface area contributed by atoms with Crippen molar-refractivity contribution in [3.8, 4) is 0 Å². The molecule has 0 N–H and O–H groups in total. The summed E-state index contributed by atoms with van der Waals surface area (Å²) in [5, 5.41) is 0. The Balaban J connectivity index is 2.23. The van der Waals surface area contributed by atoms with E-state index in [-0.39, 0.29) is 0 Å². The lowest BCUT2D eigenvalue weighted by Crippen LogP contribution is -2.88. The second-order valence-corrected chi connectivity index (χ2v) is 15.0. The van der Waals surface area contributed by atoms with Gasteiger partial charge in [0, 0.05) is 0 Å². The minimum atomic E-state index is 0.319. The van der Waals surface area contributed by atoms with Gasteiger partial charge in [0.2, 0.25) is 0 Å². The van der Waals surface area contributed by atoms with Crippen molar-refractivity contribution in [3.63, 3.8) is 0 Å². The Hall–Kier alpha value is 0. The molecule has 11 atom stereocenters. The molecule has 3 aliphatic rings. The van der Waals surface area contributed by atoms with E-state index < -0.39 is 0 Å². The van der Waals surface area contributed by atoms with E-state index in [9.17, 15) is 0 Å². The van der Waals surface area contributed by atoms with Gasteiger partial charge in [0.15, 0.2) is 0 Å². The minimum absolute atomic E-state index is 0.319. The Kier molecular flexibility index (Phi) is 5.42. The molecule has 0 nitrogen and oxygen atoms in total. The highest BCUT2D eigenvalue weighted by molar-refractivity contribution is 5.36. The topological polar surface area (TPSA) is 0 Å². The average molecular weight is 431 g/mol. The molecule has 182 valence electrons. The van der Waals surface area contributed by atoms with Gasteiger partial charge in [0.25, 0.3) is 0 Å². The summed E-state index contributed by atoms with van der Waals surface area (Å²) in [4.78, 5) is 0. The molecule has 0 aliphatic heterocycles. The predicted molar refractivity (Wildman–Crippen MR) is 138 cm³/mol. The molecule has 3 aliphatic carbocycles. The zero-order chi connectivity index (χ0) is 24.4. The van der Waals surface area contributed by atoms with Crippen molar-refractivity contribution in [1.82, 2.24) is 0 Å². The summed E-state index contributed by atoms with van der Waals surface area (Å²) in [6, 6.07) is 0. The van der Waals surface area contributed by atoms with Crippen molar-refractivity contribution in [2.24, 2.45) is 73.4 Å². The number of rotatable bonds is 6. The van der Waals surface area contributed by atoms with Crippen molar-refractivity contribution in [2.45, 2.75) is 124 Å². The van der Waals surface area contributed by atoms with Crippen molar-refractivity contribution < 1.29 is 0 Å². The standard InChI is InChI=1S/C31H58/c1-17-25(10,31(16)24(9)28(13)21(6)22(7)29(28,31)14)30(15)23(8)27(12,20(4)5)26(30,11)18-19(2)3/h19-24H,17-18H2,1-16H3. The van der Waals surface area contributed by atoms with Crippen LogP contribution in [-0.2, 0) is 0 Å². The van der Waals surface area contributed by atoms with Crippen molar-refractivity contribution in [1.29, 1.82) is 0 Å². The molecule has 0 bridgehead atoms. The maximum Gasteiger partial charge on any atom is -0.0173 e. The molecule has 0 saturated heterocycles. The van der Waals surface area contributed by atoms with Gasteiger partial charge in [0.1, 0.15) is 0 Å². The summed E-state index contributed by atoms with van der Waals surface area (Å²) in [5.74, 6) is 4.63. The Morgan fingerprint density at radius 1 is 0.742 bits per heavy atom. The van der Waals surface area contributed by atoms with Crippen molar-refractivity contribution in [3.05, 3.63) is 0 Å². The summed E-state index contributed by atoms with van der Waals surface area (Å²) in [7, 11) is 0. The fourth-order valence-corrected chi connectivity index (χ4v) is 12.6. The van der Waals surface area contributed by atoms with E-state index in [1.165, 1.54) is 12.8 Å². The number of hydrogen-bond acceptors (Lipinski definition) is 0. The third-order valence-corrected chi connectivity index (χ3v) is 15.7. The first-order valence-electron chi connectivity index (χ1n) is 13.8. The molecule has 0 aromatic rings. The van der Waals surface area contributed by atoms with Crippen LogP contribution in [0.5, 0.6) is 0 Å². The predicted octanol–water partition coefficient (Wildman–Crippen LogP) is 9.73. The van der Waals surface area contributed by atoms with Crippen LogP contribution in [0, 0.1) is 73.4 Å². The summed E-state index contributed by atoms with van der Waals surface area (Å²) < 4.78 is 0. The van der Waals surface area contributed by atoms with E-state index in [4.69, 9.17) is 0 Å². The second-order valence-electron chi connectivity index (χ2n) is 15.0. The summed E-state index contributed by atoms with van der Waals surface area (Å²) in [6.07, 6.45) is 2.64. The Labute approximate surface area is 197 Å². The van der Waals surface area contributed by atoms with E-state index in [2.05, 4.69) is 111 Å². The normalized spacial score (nSPS) is 58.3. The van der Waals surface area contributed by atoms with Gasteiger partial charge in [-0.25, -0.2) is 0 Å². The van der Waals surface area contributed by atoms with Gasteiger partial charge in [-0.3, -0.25) is 0 Å². The van der Waals surface area contributed by atoms with Crippen LogP contribution < -0.4 is 0 Å². The Morgan fingerprint density at radius 3 is 1.61 bits per heavy atom. The summed E-state index contributed by atoms with van der Waals surface area (Å²) in [6.45, 7) is 41.8. The first-order valence-corrected chi connectivity index (χ1v) is 13.8. The van der Waals surface area contributed by atoms with Crippen LogP contribution >= 0.6 is 0 Å². The maximum atomic E-state index is 2.75. The summed E-state index contributed by atoms with van der Waals surface area (Å²) >= 11 is 0. The van der Waals surface area contributed by atoms with Crippen LogP contribution in [0.25, 0.3) is 0 Å². The van der Waals surface area contributed by atoms with Gasteiger partial charge < -0.3 is 0 Å². The van der Waals surface area contributed by atoms with Crippen LogP contribution in [0.3, 0.4) is 0 Å². The molecule has 31 heavy (non-hydrogen) atoms. The van der Waals surface area contributed by atoms with Crippen molar-refractivity contribution in [2.75, 3.05) is 0 Å². The lowest BCUT2D eigenvalue weighted by atomic mass is 9.11. The number of fused-ring (bicyclic) bond motifs is 1.